The molecule has 0 atom stereocenters. The molecule has 15 nitrogen and oxygen atoms in total. The molecule has 2 saturated carbocycles. The third-order valence-corrected chi connectivity index (χ3v) is 10.6. The van der Waals surface area contributed by atoms with E-state index >= 15 is 0 Å². The van der Waals surface area contributed by atoms with Crippen LogP contribution in [0.25, 0.3) is 10.8 Å². The van der Waals surface area contributed by atoms with Gasteiger partial charge < -0.3 is 29.9 Å². The number of piperazine rings is 1. The maximum atomic E-state index is 14.9. The van der Waals surface area contributed by atoms with Crippen LogP contribution < -0.4 is 21.5 Å². The van der Waals surface area contributed by atoms with Gasteiger partial charge >= 0.3 is 6.09 Å². The minimum Gasteiger partial charge on any atom is -0.444 e. The van der Waals surface area contributed by atoms with Crippen LogP contribution in [0.4, 0.5) is 14.9 Å². The zero-order valence-corrected chi connectivity index (χ0v) is 32.3. The summed E-state index contributed by atoms with van der Waals surface area (Å²) in [7, 11) is 0. The lowest BCUT2D eigenvalue weighted by atomic mass is 10.0. The van der Waals surface area contributed by atoms with Gasteiger partial charge in [-0.1, -0.05) is 24.3 Å². The van der Waals surface area contributed by atoms with E-state index in [0.29, 0.717) is 66.3 Å². The number of carbonyl (C=O) groups excluding carboxylic acids is 4. The summed E-state index contributed by atoms with van der Waals surface area (Å²) in [5, 5.41) is 16.4. The second-order valence-electron chi connectivity index (χ2n) is 15.8. The van der Waals surface area contributed by atoms with E-state index in [1.165, 1.54) is 12.1 Å². The van der Waals surface area contributed by atoms with Gasteiger partial charge in [-0.15, -0.1) is 0 Å². The smallest absolute Gasteiger partial charge is 0.412 e. The minimum absolute atomic E-state index is 0.0580. The Bertz CT molecular complexity index is 2240. The van der Waals surface area contributed by atoms with Gasteiger partial charge in [-0.25, -0.2) is 19.3 Å². The maximum absolute atomic E-state index is 14.9. The zero-order chi connectivity index (χ0) is 40.3. The van der Waals surface area contributed by atoms with E-state index in [2.05, 4.69) is 31.1 Å². The van der Waals surface area contributed by atoms with Crippen LogP contribution in [0.1, 0.15) is 71.3 Å². The molecule has 1 aliphatic heterocycles. The first-order valence-electron chi connectivity index (χ1n) is 19.2. The average molecular weight is 783 g/mol. The Labute approximate surface area is 328 Å². The molecule has 0 radical (unpaired) electrons. The number of halogens is 1. The van der Waals surface area contributed by atoms with Crippen molar-refractivity contribution < 1.29 is 33.0 Å². The van der Waals surface area contributed by atoms with Gasteiger partial charge in [0.25, 0.3) is 17.4 Å². The second-order valence-corrected chi connectivity index (χ2v) is 15.8. The van der Waals surface area contributed by atoms with Crippen molar-refractivity contribution in [1.29, 1.82) is 0 Å². The van der Waals surface area contributed by atoms with Crippen LogP contribution in [0.2, 0.25) is 0 Å². The van der Waals surface area contributed by atoms with Crippen LogP contribution in [0, 0.1) is 11.7 Å². The number of anilines is 1. The van der Waals surface area contributed by atoms with Gasteiger partial charge in [0.15, 0.2) is 5.69 Å². The van der Waals surface area contributed by atoms with E-state index in [9.17, 15) is 28.4 Å². The number of amides is 4. The highest BCUT2D eigenvalue weighted by molar-refractivity contribution is 6.01. The molecule has 2 aliphatic carbocycles. The molecule has 2 aromatic carbocycles. The van der Waals surface area contributed by atoms with Crippen molar-refractivity contribution in [2.45, 2.75) is 51.0 Å². The van der Waals surface area contributed by atoms with E-state index in [4.69, 9.17) is 9.47 Å². The summed E-state index contributed by atoms with van der Waals surface area (Å²) >= 11 is 0. The van der Waals surface area contributed by atoms with Gasteiger partial charge in [-0.05, 0) is 74.9 Å². The summed E-state index contributed by atoms with van der Waals surface area (Å²) in [6.07, 6.45) is 3.55. The number of benzene rings is 2. The molecule has 0 unspecified atom stereocenters. The van der Waals surface area contributed by atoms with Gasteiger partial charge in [0.2, 0.25) is 5.91 Å². The predicted octanol–water partition coefficient (Wildman–Crippen LogP) is 3.38. The summed E-state index contributed by atoms with van der Waals surface area (Å²) in [4.78, 5) is 71.5. The number of pyridine rings is 1. The van der Waals surface area contributed by atoms with Crippen LogP contribution in [-0.4, -0.2) is 113 Å². The normalized spacial score (nSPS) is 18.5. The molecule has 1 saturated heterocycles. The van der Waals surface area contributed by atoms with Gasteiger partial charge in [-0.3, -0.25) is 24.5 Å². The Kier molecular flexibility index (Phi) is 11.4. The van der Waals surface area contributed by atoms with Crippen LogP contribution in [0.3, 0.4) is 0 Å². The maximum Gasteiger partial charge on any atom is 0.412 e. The van der Waals surface area contributed by atoms with Gasteiger partial charge in [0.1, 0.15) is 11.4 Å². The SMILES string of the molecule is CC(C)(C)OC(=O)Nc1cc(C23CC2C3)cnc1C(=O)NCCOCCNCC(=O)N1CCN(C(=O)c2cc(Cc3n[nH]c(=O)c4ccccc34)ccc2F)CC1. The lowest BCUT2D eigenvalue weighted by Gasteiger charge is -2.35. The number of nitrogens with one attached hydrogen (secondary N) is 4. The first kappa shape index (κ1) is 39.5. The topological polar surface area (TPSA) is 188 Å². The molecule has 16 heteroatoms. The highest BCUT2D eigenvalue weighted by Crippen LogP contribution is 2.75. The van der Waals surface area contributed by atoms with Crippen LogP contribution in [-0.2, 0) is 26.1 Å². The molecule has 57 heavy (non-hydrogen) atoms. The van der Waals surface area contributed by atoms with Gasteiger partial charge in [-0.2, -0.15) is 5.10 Å². The number of fused-ring (bicyclic) bond motifs is 2. The number of hydrogen-bond acceptors (Lipinski definition) is 10. The molecule has 4 aromatic rings. The van der Waals surface area contributed by atoms with Crippen LogP contribution >= 0.6 is 0 Å². The molecule has 4 amide bonds. The Morgan fingerprint density at radius 2 is 1.67 bits per heavy atom. The van der Waals surface area contributed by atoms with Crippen molar-refractivity contribution in [2.24, 2.45) is 5.92 Å². The number of hydrogen-bond donors (Lipinski definition) is 4. The number of carbonyl (C=O) groups is 4. The minimum atomic E-state index is -0.700. The molecule has 2 aromatic heterocycles. The molecule has 4 N–H and O–H groups in total. The summed E-state index contributed by atoms with van der Waals surface area (Å²) < 4.78 is 25.9. The van der Waals surface area contributed by atoms with Crippen LogP contribution in [0.15, 0.2) is 59.5 Å². The molecule has 300 valence electrons. The Balaban J connectivity index is 0.805. The quantitative estimate of drug-likeness (QED) is 0.138. The average Bonchev–Trinajstić information content (AvgIpc) is 4.09. The summed E-state index contributed by atoms with van der Waals surface area (Å²) in [6.45, 7) is 7.63. The lowest BCUT2D eigenvalue weighted by molar-refractivity contribution is -0.131. The standard InChI is InChI=1S/C41H47FN8O7/c1-40(2,3)57-39(55)46-33-20-26(41-21-27(41)22-41)23-45-35(33)37(53)44-11-17-56-16-10-43-24-34(51)49-12-14-50(15-13-49)38(54)30-18-25(8-9-31(30)42)19-32-28-6-4-5-7-29(28)36(52)48-47-32/h4-9,18,20,23,27,43H,10-17,19,21-22,24H2,1-3H3,(H,44,53)(H,46,55)(H,48,52). The Hall–Kier alpha value is -5.74. The molecule has 3 heterocycles. The summed E-state index contributed by atoms with van der Waals surface area (Å²) in [5.74, 6) is -1.00. The first-order valence-corrected chi connectivity index (χ1v) is 19.2. The number of aromatic amines is 1. The Morgan fingerprint density at radius 3 is 2.39 bits per heavy atom. The highest BCUT2D eigenvalue weighted by Gasteiger charge is 2.70. The number of nitrogens with zero attached hydrogens (tertiary/aromatic N) is 4. The van der Waals surface area contributed by atoms with Crippen molar-refractivity contribution in [2.75, 3.05) is 64.3 Å². The predicted molar refractivity (Wildman–Crippen MR) is 209 cm³/mol. The second kappa shape index (κ2) is 16.4. The molecule has 0 bridgehead atoms. The van der Waals surface area contributed by atoms with Crippen molar-refractivity contribution >= 4 is 40.3 Å². The third-order valence-electron chi connectivity index (χ3n) is 10.6. The number of H-pyrrole nitrogens is 1. The molecular weight excluding hydrogens is 735 g/mol. The largest absolute Gasteiger partial charge is 0.444 e. The van der Waals surface area contributed by atoms with E-state index in [-0.39, 0.29) is 60.9 Å². The molecule has 0 spiro atoms. The van der Waals surface area contributed by atoms with Crippen molar-refractivity contribution in [3.05, 3.63) is 99.0 Å². The molecule has 7 rings (SSSR count). The van der Waals surface area contributed by atoms with Gasteiger partial charge in [0.05, 0.1) is 42.1 Å². The van der Waals surface area contributed by atoms with E-state index in [1.54, 1.807) is 61.0 Å². The van der Waals surface area contributed by atoms with E-state index in [0.717, 1.165) is 18.4 Å². The fraction of sp³-hybridized carbons (Fsp3) is 0.439. The molecular formula is C41H47FN8O7. The first-order chi connectivity index (χ1) is 27.3. The van der Waals surface area contributed by atoms with E-state index in [1.807, 2.05) is 12.1 Å². The summed E-state index contributed by atoms with van der Waals surface area (Å²) in [6, 6.07) is 13.3. The summed E-state index contributed by atoms with van der Waals surface area (Å²) in [5.41, 5.74) is 1.79. The van der Waals surface area contributed by atoms with Crippen molar-refractivity contribution in [1.82, 2.24) is 35.6 Å². The van der Waals surface area contributed by atoms with E-state index < -0.39 is 29.3 Å². The highest BCUT2D eigenvalue weighted by atomic mass is 19.1. The number of rotatable bonds is 14. The fourth-order valence-corrected chi connectivity index (χ4v) is 7.15. The Morgan fingerprint density at radius 1 is 0.965 bits per heavy atom. The van der Waals surface area contributed by atoms with Crippen molar-refractivity contribution in [3.63, 3.8) is 0 Å². The third kappa shape index (κ3) is 9.29. The van der Waals surface area contributed by atoms with Crippen LogP contribution in [0.5, 0.6) is 0 Å². The van der Waals surface area contributed by atoms with Crippen molar-refractivity contribution in [3.8, 4) is 0 Å². The zero-order valence-electron chi connectivity index (χ0n) is 32.3. The fourth-order valence-electron chi connectivity index (χ4n) is 7.15. The molecule has 3 fully saturated rings. The monoisotopic (exact) mass is 782 g/mol. The van der Waals surface area contributed by atoms with Gasteiger partial charge in [0, 0.05) is 62.7 Å². The molecule has 3 aliphatic rings. The number of aromatic nitrogens is 3. The lowest BCUT2D eigenvalue weighted by Crippen LogP contribution is -2.52. The number of ether oxygens (including phenoxy) is 2.